The number of halogens is 1. The lowest BCUT2D eigenvalue weighted by Gasteiger charge is -2.21. The van der Waals surface area contributed by atoms with Gasteiger partial charge in [0, 0.05) is 16.9 Å². The predicted octanol–water partition coefficient (Wildman–Crippen LogP) is 4.47. The third-order valence-electron chi connectivity index (χ3n) is 4.89. The Morgan fingerprint density at radius 3 is 2.71 bits per heavy atom. The number of benzene rings is 2. The zero-order chi connectivity index (χ0) is 21.8. The van der Waals surface area contributed by atoms with E-state index < -0.39 is 0 Å². The fraction of sp³-hybridized carbons (Fsp3) is 0.174. The molecule has 3 aromatic rings. The van der Waals surface area contributed by atoms with Crippen LogP contribution in [0.15, 0.2) is 65.1 Å². The normalized spacial score (nSPS) is 15.5. The van der Waals surface area contributed by atoms with Crippen LogP contribution in [0.25, 0.3) is 0 Å². The molecular weight excluding hydrogens is 419 g/mol. The minimum Gasteiger partial charge on any atom is -0.493 e. The first-order chi connectivity index (χ1) is 15.1. The van der Waals surface area contributed by atoms with E-state index in [1.807, 2.05) is 17.5 Å². The topological polar surface area (TPSA) is 68.2 Å². The number of amides is 1. The molecule has 0 spiro atoms. The monoisotopic (exact) mass is 438 g/mol. The van der Waals surface area contributed by atoms with Crippen molar-refractivity contribution in [1.29, 1.82) is 0 Å². The van der Waals surface area contributed by atoms with Gasteiger partial charge in [-0.1, -0.05) is 18.2 Å². The molecule has 0 saturated heterocycles. The summed E-state index contributed by atoms with van der Waals surface area (Å²) in [6, 6.07) is 14.4. The van der Waals surface area contributed by atoms with E-state index in [0.29, 0.717) is 35.5 Å². The number of carbonyl (C=O) groups excluding carboxylic acids is 2. The number of hydrazone groups is 1. The summed E-state index contributed by atoms with van der Waals surface area (Å²) in [5.41, 5.74) is 1.92. The van der Waals surface area contributed by atoms with Crippen molar-refractivity contribution in [2.45, 2.75) is 12.5 Å². The van der Waals surface area contributed by atoms with Crippen molar-refractivity contribution in [3.05, 3.63) is 81.8 Å². The number of carbonyl (C=O) groups is 2. The molecule has 1 unspecified atom stereocenters. The predicted molar refractivity (Wildman–Crippen MR) is 115 cm³/mol. The molecular formula is C23H19FN2O4S. The summed E-state index contributed by atoms with van der Waals surface area (Å²) < 4.78 is 24.2. The first-order valence-electron chi connectivity index (χ1n) is 9.54. The van der Waals surface area contributed by atoms with Crippen molar-refractivity contribution >= 4 is 29.2 Å². The molecule has 1 amide bonds. The Kier molecular flexibility index (Phi) is 6.08. The van der Waals surface area contributed by atoms with Crippen LogP contribution in [0.2, 0.25) is 0 Å². The minimum atomic E-state index is -0.326. The van der Waals surface area contributed by atoms with Crippen molar-refractivity contribution in [2.24, 2.45) is 5.10 Å². The lowest BCUT2D eigenvalue weighted by Crippen LogP contribution is -2.31. The van der Waals surface area contributed by atoms with E-state index >= 15 is 0 Å². The van der Waals surface area contributed by atoms with Crippen molar-refractivity contribution in [3.8, 4) is 11.5 Å². The first-order valence-corrected chi connectivity index (χ1v) is 10.4. The number of thiophene rings is 1. The lowest BCUT2D eigenvalue weighted by atomic mass is 10.0. The van der Waals surface area contributed by atoms with Crippen molar-refractivity contribution < 1.29 is 23.5 Å². The number of ether oxygens (including phenoxy) is 2. The van der Waals surface area contributed by atoms with Gasteiger partial charge < -0.3 is 9.47 Å². The second kappa shape index (κ2) is 9.09. The first kappa shape index (κ1) is 20.7. The Morgan fingerprint density at radius 2 is 2.03 bits per heavy atom. The van der Waals surface area contributed by atoms with Gasteiger partial charge in [0.05, 0.1) is 18.9 Å². The molecule has 0 bridgehead atoms. The lowest BCUT2D eigenvalue weighted by molar-refractivity contribution is -0.135. The van der Waals surface area contributed by atoms with Crippen LogP contribution in [0.4, 0.5) is 4.39 Å². The Hall–Kier alpha value is -3.52. The molecule has 8 heteroatoms. The quantitative estimate of drug-likeness (QED) is 0.511. The van der Waals surface area contributed by atoms with E-state index in [1.54, 1.807) is 41.7 Å². The average molecular weight is 438 g/mol. The van der Waals surface area contributed by atoms with E-state index in [-0.39, 0.29) is 24.4 Å². The van der Waals surface area contributed by atoms with Gasteiger partial charge >= 0.3 is 0 Å². The number of hydrogen-bond donors (Lipinski definition) is 0. The summed E-state index contributed by atoms with van der Waals surface area (Å²) in [4.78, 5) is 25.0. The number of methoxy groups -OCH3 is 1. The van der Waals surface area contributed by atoms with Gasteiger partial charge in [-0.25, -0.2) is 9.40 Å². The number of aldehydes is 1. The van der Waals surface area contributed by atoms with Crippen LogP contribution >= 0.6 is 11.3 Å². The molecule has 0 aliphatic carbocycles. The molecule has 6 nitrogen and oxygen atoms in total. The molecule has 0 fully saturated rings. The molecule has 2 heterocycles. The van der Waals surface area contributed by atoms with Crippen molar-refractivity contribution in [1.82, 2.24) is 5.01 Å². The summed E-state index contributed by atoms with van der Waals surface area (Å²) in [5.74, 6) is 0.0743. The number of rotatable bonds is 7. The summed E-state index contributed by atoms with van der Waals surface area (Å²) >= 11 is 1.54. The fourth-order valence-corrected chi connectivity index (χ4v) is 4.15. The van der Waals surface area contributed by atoms with Gasteiger partial charge in [-0.3, -0.25) is 9.59 Å². The van der Waals surface area contributed by atoms with Crippen molar-refractivity contribution in [2.75, 3.05) is 13.7 Å². The summed E-state index contributed by atoms with van der Waals surface area (Å²) in [7, 11) is 1.46. The molecule has 31 heavy (non-hydrogen) atoms. The maximum Gasteiger partial charge on any atom is 0.281 e. The van der Waals surface area contributed by atoms with Gasteiger partial charge in [0.2, 0.25) is 0 Å². The zero-order valence-electron chi connectivity index (χ0n) is 16.7. The Balaban J connectivity index is 1.55. The molecule has 0 N–H and O–H groups in total. The second-order valence-corrected chi connectivity index (χ2v) is 7.82. The molecule has 2 aromatic carbocycles. The summed E-state index contributed by atoms with van der Waals surface area (Å²) in [5, 5.41) is 7.91. The van der Waals surface area contributed by atoms with E-state index in [0.717, 1.165) is 10.4 Å². The third-order valence-corrected chi connectivity index (χ3v) is 5.86. The van der Waals surface area contributed by atoms with Crippen LogP contribution in [-0.2, 0) is 4.79 Å². The van der Waals surface area contributed by atoms with E-state index in [1.165, 1.54) is 24.3 Å². The smallest absolute Gasteiger partial charge is 0.281 e. The Morgan fingerprint density at radius 1 is 1.23 bits per heavy atom. The average Bonchev–Trinajstić information content (AvgIpc) is 3.48. The highest BCUT2D eigenvalue weighted by molar-refractivity contribution is 7.10. The number of nitrogens with zero attached hydrogens (tertiary/aromatic N) is 2. The standard InChI is InChI=1S/C23H19FN2O4S/c1-29-21-11-15(13-27)4-9-20(21)30-14-23(28)26-19(22-3-2-10-31-22)12-18(25-26)16-5-7-17(24)8-6-16/h2-11,13,19H,12,14H2,1H3. The van der Waals surface area contributed by atoms with Crippen LogP contribution in [0, 0.1) is 5.82 Å². The highest BCUT2D eigenvalue weighted by Crippen LogP contribution is 2.35. The van der Waals surface area contributed by atoms with Gasteiger partial charge in [-0.15, -0.1) is 11.3 Å². The zero-order valence-corrected chi connectivity index (χ0v) is 17.5. The molecule has 1 aliphatic rings. The number of hydrogen-bond acceptors (Lipinski definition) is 6. The van der Waals surface area contributed by atoms with Gasteiger partial charge in [0.15, 0.2) is 18.1 Å². The van der Waals surface area contributed by atoms with Crippen LogP contribution in [-0.4, -0.2) is 36.6 Å². The van der Waals surface area contributed by atoms with Crippen LogP contribution in [0.1, 0.15) is 33.3 Å². The van der Waals surface area contributed by atoms with Gasteiger partial charge in [0.1, 0.15) is 12.1 Å². The maximum absolute atomic E-state index is 13.3. The highest BCUT2D eigenvalue weighted by atomic mass is 32.1. The van der Waals surface area contributed by atoms with Gasteiger partial charge in [-0.05, 0) is 47.3 Å². The molecule has 1 atom stereocenters. The van der Waals surface area contributed by atoms with Crippen LogP contribution in [0.3, 0.4) is 0 Å². The molecule has 1 aliphatic heterocycles. The molecule has 0 radical (unpaired) electrons. The molecule has 1 aromatic heterocycles. The molecule has 158 valence electrons. The highest BCUT2D eigenvalue weighted by Gasteiger charge is 2.34. The fourth-order valence-electron chi connectivity index (χ4n) is 3.34. The summed E-state index contributed by atoms with van der Waals surface area (Å²) in [6.07, 6.45) is 1.23. The molecule has 0 saturated carbocycles. The van der Waals surface area contributed by atoms with E-state index in [9.17, 15) is 14.0 Å². The van der Waals surface area contributed by atoms with E-state index in [2.05, 4.69) is 5.10 Å². The van der Waals surface area contributed by atoms with Crippen LogP contribution < -0.4 is 9.47 Å². The van der Waals surface area contributed by atoms with Crippen LogP contribution in [0.5, 0.6) is 11.5 Å². The van der Waals surface area contributed by atoms with Gasteiger partial charge in [-0.2, -0.15) is 5.10 Å². The van der Waals surface area contributed by atoms with Crippen molar-refractivity contribution in [3.63, 3.8) is 0 Å². The van der Waals surface area contributed by atoms with Gasteiger partial charge in [0.25, 0.3) is 5.91 Å². The second-order valence-electron chi connectivity index (χ2n) is 6.84. The Bertz CT molecular complexity index is 1110. The molecule has 4 rings (SSSR count). The summed E-state index contributed by atoms with van der Waals surface area (Å²) in [6.45, 7) is -0.251. The third kappa shape index (κ3) is 4.49. The Labute approximate surface area is 182 Å². The largest absolute Gasteiger partial charge is 0.493 e. The van der Waals surface area contributed by atoms with E-state index in [4.69, 9.17) is 9.47 Å². The minimum absolute atomic E-state index is 0.251. The SMILES string of the molecule is COc1cc(C=O)ccc1OCC(=O)N1N=C(c2ccc(F)cc2)CC1c1cccs1. The maximum atomic E-state index is 13.3.